The molecule has 0 aromatic heterocycles. The highest BCUT2D eigenvalue weighted by Crippen LogP contribution is 2.24. The minimum atomic E-state index is -0.143. The van der Waals surface area contributed by atoms with Crippen molar-refractivity contribution in [1.82, 2.24) is 0 Å². The summed E-state index contributed by atoms with van der Waals surface area (Å²) < 4.78 is 5.88. The van der Waals surface area contributed by atoms with Gasteiger partial charge in [-0.25, -0.2) is 0 Å². The maximum Gasteiger partial charge on any atom is 0.122 e. The van der Waals surface area contributed by atoms with Crippen LogP contribution >= 0.6 is 0 Å². The van der Waals surface area contributed by atoms with Gasteiger partial charge in [-0.2, -0.15) is 0 Å². The van der Waals surface area contributed by atoms with Gasteiger partial charge in [0.2, 0.25) is 0 Å². The Labute approximate surface area is 125 Å². The molecule has 0 aliphatic heterocycles. The fraction of sp³-hybridized carbons (Fsp3) is 0.158. The number of para-hydroxylation sites is 1. The molecule has 2 nitrogen and oxygen atoms in total. The van der Waals surface area contributed by atoms with E-state index in [1.165, 1.54) is 10.8 Å². The van der Waals surface area contributed by atoms with Crippen LogP contribution in [-0.2, 0) is 0 Å². The number of rotatable bonds is 4. The van der Waals surface area contributed by atoms with Crippen LogP contribution in [0.2, 0.25) is 0 Å². The number of hydrogen-bond acceptors (Lipinski definition) is 2. The Morgan fingerprint density at radius 1 is 0.905 bits per heavy atom. The molecule has 3 aromatic carbocycles. The lowest BCUT2D eigenvalue weighted by Gasteiger charge is -2.16. The lowest BCUT2D eigenvalue weighted by atomic mass is 10.00. The Morgan fingerprint density at radius 3 is 2.48 bits per heavy atom. The maximum atomic E-state index is 6.33. The molecule has 1 unspecified atom stereocenters. The van der Waals surface area contributed by atoms with Crippen LogP contribution < -0.4 is 10.5 Å². The Hall–Kier alpha value is -2.32. The maximum absolute atomic E-state index is 6.33. The van der Waals surface area contributed by atoms with Crippen molar-refractivity contribution >= 4 is 10.8 Å². The van der Waals surface area contributed by atoms with Gasteiger partial charge in [0.15, 0.2) is 0 Å². The molecule has 106 valence electrons. The van der Waals surface area contributed by atoms with Gasteiger partial charge in [-0.1, -0.05) is 60.7 Å². The molecule has 0 heterocycles. The van der Waals surface area contributed by atoms with Crippen molar-refractivity contribution in [3.05, 3.63) is 77.9 Å². The molecule has 21 heavy (non-hydrogen) atoms. The van der Waals surface area contributed by atoms with Crippen LogP contribution in [0.15, 0.2) is 66.7 Å². The van der Waals surface area contributed by atoms with Crippen LogP contribution in [0.25, 0.3) is 10.8 Å². The zero-order valence-corrected chi connectivity index (χ0v) is 12.1. The number of ether oxygens (including phenoxy) is 1. The van der Waals surface area contributed by atoms with Gasteiger partial charge in [0.25, 0.3) is 0 Å². The van der Waals surface area contributed by atoms with E-state index in [1.807, 2.05) is 49.4 Å². The first kappa shape index (κ1) is 13.7. The van der Waals surface area contributed by atoms with Crippen LogP contribution in [0.3, 0.4) is 0 Å². The predicted molar refractivity (Wildman–Crippen MR) is 87.6 cm³/mol. The number of hydrogen-bond donors (Lipinski definition) is 1. The standard InChI is InChI=1S/C19H19NO/c1-14-7-2-5-12-19(14)21-13-18(20)17-11-6-9-15-8-3-4-10-16(15)17/h2-12,18H,13,20H2,1H3. The van der Waals surface area contributed by atoms with Crippen LogP contribution in [-0.4, -0.2) is 6.61 Å². The second-order valence-electron chi connectivity index (χ2n) is 5.25. The predicted octanol–water partition coefficient (Wildman–Crippen LogP) is 4.23. The van der Waals surface area contributed by atoms with E-state index in [2.05, 4.69) is 24.3 Å². The Balaban J connectivity index is 1.81. The number of fused-ring (bicyclic) bond motifs is 1. The van der Waals surface area contributed by atoms with Gasteiger partial charge < -0.3 is 10.5 Å². The van der Waals surface area contributed by atoms with Crippen molar-refractivity contribution in [2.75, 3.05) is 6.61 Å². The first-order valence-corrected chi connectivity index (χ1v) is 7.17. The monoisotopic (exact) mass is 277 g/mol. The van der Waals surface area contributed by atoms with E-state index in [-0.39, 0.29) is 6.04 Å². The summed E-state index contributed by atoms with van der Waals surface area (Å²) in [6.45, 7) is 2.51. The van der Waals surface area contributed by atoms with Gasteiger partial charge in [-0.05, 0) is 34.9 Å². The topological polar surface area (TPSA) is 35.2 Å². The molecule has 0 aliphatic carbocycles. The summed E-state index contributed by atoms with van der Waals surface area (Å²) in [4.78, 5) is 0. The number of aryl methyl sites for hydroxylation is 1. The van der Waals surface area contributed by atoms with E-state index in [4.69, 9.17) is 10.5 Å². The summed E-state index contributed by atoms with van der Waals surface area (Å²) in [7, 11) is 0. The summed E-state index contributed by atoms with van der Waals surface area (Å²) in [6.07, 6.45) is 0. The fourth-order valence-electron chi connectivity index (χ4n) is 2.56. The Morgan fingerprint density at radius 2 is 1.62 bits per heavy atom. The highest BCUT2D eigenvalue weighted by molar-refractivity contribution is 5.86. The first-order chi connectivity index (χ1) is 10.3. The van der Waals surface area contributed by atoms with Gasteiger partial charge >= 0.3 is 0 Å². The lowest BCUT2D eigenvalue weighted by molar-refractivity contribution is 0.289. The highest BCUT2D eigenvalue weighted by atomic mass is 16.5. The zero-order valence-electron chi connectivity index (χ0n) is 12.1. The Bertz CT molecular complexity index is 746. The van der Waals surface area contributed by atoms with E-state index in [1.54, 1.807) is 0 Å². The highest BCUT2D eigenvalue weighted by Gasteiger charge is 2.11. The molecule has 3 aromatic rings. The van der Waals surface area contributed by atoms with Crippen molar-refractivity contribution in [1.29, 1.82) is 0 Å². The third-order valence-corrected chi connectivity index (χ3v) is 3.73. The molecule has 0 bridgehead atoms. The van der Waals surface area contributed by atoms with Gasteiger partial charge in [0.1, 0.15) is 12.4 Å². The molecule has 0 fully saturated rings. The van der Waals surface area contributed by atoms with Gasteiger partial charge in [0.05, 0.1) is 6.04 Å². The molecule has 0 spiro atoms. The van der Waals surface area contributed by atoms with E-state index in [0.717, 1.165) is 16.9 Å². The quantitative estimate of drug-likeness (QED) is 0.774. The molecule has 0 radical (unpaired) electrons. The average Bonchev–Trinajstić information content (AvgIpc) is 2.53. The molecular formula is C19H19NO. The molecule has 2 N–H and O–H groups in total. The summed E-state index contributed by atoms with van der Waals surface area (Å²) in [5.41, 5.74) is 8.59. The van der Waals surface area contributed by atoms with Crippen molar-refractivity contribution < 1.29 is 4.74 Å². The Kier molecular flexibility index (Phi) is 3.89. The number of benzene rings is 3. The van der Waals surface area contributed by atoms with Crippen LogP contribution in [0.5, 0.6) is 5.75 Å². The second-order valence-corrected chi connectivity index (χ2v) is 5.25. The third kappa shape index (κ3) is 2.91. The van der Waals surface area contributed by atoms with Crippen molar-refractivity contribution in [3.63, 3.8) is 0 Å². The van der Waals surface area contributed by atoms with Crippen molar-refractivity contribution in [2.45, 2.75) is 13.0 Å². The van der Waals surface area contributed by atoms with Crippen LogP contribution in [0.4, 0.5) is 0 Å². The smallest absolute Gasteiger partial charge is 0.122 e. The molecule has 3 rings (SSSR count). The first-order valence-electron chi connectivity index (χ1n) is 7.17. The van der Waals surface area contributed by atoms with Crippen LogP contribution in [0, 0.1) is 6.92 Å². The van der Waals surface area contributed by atoms with E-state index in [9.17, 15) is 0 Å². The van der Waals surface area contributed by atoms with Gasteiger partial charge in [-0.3, -0.25) is 0 Å². The second kappa shape index (κ2) is 5.98. The summed E-state index contributed by atoms with van der Waals surface area (Å²) in [5.74, 6) is 0.896. The molecule has 1 atom stereocenters. The molecule has 2 heteroatoms. The third-order valence-electron chi connectivity index (χ3n) is 3.73. The average molecular weight is 277 g/mol. The van der Waals surface area contributed by atoms with E-state index >= 15 is 0 Å². The molecular weight excluding hydrogens is 258 g/mol. The SMILES string of the molecule is Cc1ccccc1OCC(N)c1cccc2ccccc12. The normalized spacial score (nSPS) is 12.3. The lowest BCUT2D eigenvalue weighted by Crippen LogP contribution is -2.19. The summed E-state index contributed by atoms with van der Waals surface area (Å²) in [6, 6.07) is 22.4. The van der Waals surface area contributed by atoms with E-state index in [0.29, 0.717) is 6.61 Å². The fourth-order valence-corrected chi connectivity index (χ4v) is 2.56. The largest absolute Gasteiger partial charge is 0.491 e. The minimum Gasteiger partial charge on any atom is -0.491 e. The molecule has 0 aliphatic rings. The van der Waals surface area contributed by atoms with Gasteiger partial charge in [0, 0.05) is 0 Å². The summed E-state index contributed by atoms with van der Waals surface area (Å²) >= 11 is 0. The molecule has 0 amide bonds. The van der Waals surface area contributed by atoms with E-state index < -0.39 is 0 Å². The minimum absolute atomic E-state index is 0.143. The van der Waals surface area contributed by atoms with Crippen molar-refractivity contribution in [3.8, 4) is 5.75 Å². The number of nitrogens with two attached hydrogens (primary N) is 1. The molecule has 0 saturated carbocycles. The van der Waals surface area contributed by atoms with Gasteiger partial charge in [-0.15, -0.1) is 0 Å². The zero-order chi connectivity index (χ0) is 14.7. The molecule has 0 saturated heterocycles. The van der Waals surface area contributed by atoms with Crippen molar-refractivity contribution in [2.24, 2.45) is 5.73 Å². The summed E-state index contributed by atoms with van der Waals surface area (Å²) in [5, 5.41) is 2.40. The van der Waals surface area contributed by atoms with Crippen LogP contribution in [0.1, 0.15) is 17.2 Å².